The van der Waals surface area contributed by atoms with Gasteiger partial charge in [-0.3, -0.25) is 0 Å². The number of nitrogens with one attached hydrogen (secondary N) is 1. The monoisotopic (exact) mass is 306 g/mol. The summed E-state index contributed by atoms with van der Waals surface area (Å²) in [5.74, 6) is 0.743. The highest BCUT2D eigenvalue weighted by molar-refractivity contribution is 7.80. The molecule has 0 amide bonds. The van der Waals surface area contributed by atoms with Crippen LogP contribution in [0.1, 0.15) is 5.56 Å². The number of hydrogen-bond donors (Lipinski definition) is 2. The maximum Gasteiger partial charge on any atom is 0.146 e. The van der Waals surface area contributed by atoms with E-state index >= 15 is 0 Å². The average molecular weight is 306 g/mol. The van der Waals surface area contributed by atoms with Crippen LogP contribution in [0, 0.1) is 5.82 Å². The molecular weight excluding hydrogens is 291 g/mol. The first kappa shape index (κ1) is 15.1. The Balaban J connectivity index is 2.44. The molecule has 21 heavy (non-hydrogen) atoms. The van der Waals surface area contributed by atoms with Crippen LogP contribution < -0.4 is 20.5 Å². The maximum absolute atomic E-state index is 13.9. The molecule has 0 atom stereocenters. The third kappa shape index (κ3) is 3.41. The molecule has 0 saturated carbocycles. The van der Waals surface area contributed by atoms with Gasteiger partial charge in [0.25, 0.3) is 0 Å². The Morgan fingerprint density at radius 3 is 2.19 bits per heavy atom. The van der Waals surface area contributed by atoms with Gasteiger partial charge in [0, 0.05) is 17.7 Å². The van der Waals surface area contributed by atoms with Gasteiger partial charge in [-0.25, -0.2) is 4.39 Å². The van der Waals surface area contributed by atoms with Crippen LogP contribution in [-0.4, -0.2) is 19.2 Å². The maximum atomic E-state index is 13.9. The van der Waals surface area contributed by atoms with Gasteiger partial charge in [0.05, 0.1) is 25.6 Å². The average Bonchev–Trinajstić information content (AvgIpc) is 2.49. The molecule has 0 aliphatic heterocycles. The first-order valence-electron chi connectivity index (χ1n) is 6.13. The Hall–Kier alpha value is -2.34. The van der Waals surface area contributed by atoms with Gasteiger partial charge in [-0.1, -0.05) is 12.2 Å². The molecule has 0 aliphatic rings. The fourth-order valence-electron chi connectivity index (χ4n) is 1.84. The van der Waals surface area contributed by atoms with Gasteiger partial charge in [0.2, 0.25) is 0 Å². The van der Waals surface area contributed by atoms with Gasteiger partial charge in [0.1, 0.15) is 22.3 Å². The lowest BCUT2D eigenvalue weighted by atomic mass is 10.1. The quantitative estimate of drug-likeness (QED) is 0.831. The first-order chi connectivity index (χ1) is 10.0. The Bertz CT molecular complexity index is 677. The molecule has 3 N–H and O–H groups in total. The molecule has 0 bridgehead atoms. The number of nitrogens with two attached hydrogens (primary N) is 1. The van der Waals surface area contributed by atoms with Crippen LogP contribution in [-0.2, 0) is 0 Å². The van der Waals surface area contributed by atoms with Crippen LogP contribution in [0.25, 0.3) is 0 Å². The minimum absolute atomic E-state index is 0.212. The van der Waals surface area contributed by atoms with Crippen molar-refractivity contribution in [3.8, 4) is 11.5 Å². The summed E-state index contributed by atoms with van der Waals surface area (Å²) >= 11 is 5.01. The molecule has 0 unspecified atom stereocenters. The predicted octanol–water partition coefficient (Wildman–Crippen LogP) is 3.22. The summed E-state index contributed by atoms with van der Waals surface area (Å²) in [5.41, 5.74) is 7.12. The normalized spacial score (nSPS) is 10.0. The molecule has 110 valence electrons. The van der Waals surface area contributed by atoms with E-state index in [1.165, 1.54) is 13.2 Å². The van der Waals surface area contributed by atoms with Crippen LogP contribution in [0.3, 0.4) is 0 Å². The number of ether oxygens (including phenoxy) is 2. The van der Waals surface area contributed by atoms with E-state index < -0.39 is 5.82 Å². The molecule has 0 spiro atoms. The minimum atomic E-state index is -0.410. The summed E-state index contributed by atoms with van der Waals surface area (Å²) in [7, 11) is 3.06. The van der Waals surface area contributed by atoms with Crippen molar-refractivity contribution in [1.82, 2.24) is 0 Å². The van der Waals surface area contributed by atoms with Gasteiger partial charge in [-0.15, -0.1) is 0 Å². The summed E-state index contributed by atoms with van der Waals surface area (Å²) in [6.07, 6.45) is 0. The molecule has 6 heteroatoms. The largest absolute Gasteiger partial charge is 0.497 e. The minimum Gasteiger partial charge on any atom is -0.497 e. The van der Waals surface area contributed by atoms with E-state index in [9.17, 15) is 4.39 Å². The predicted molar refractivity (Wildman–Crippen MR) is 85.1 cm³/mol. The summed E-state index contributed by atoms with van der Waals surface area (Å²) in [4.78, 5) is 0.212. The second-order valence-electron chi connectivity index (χ2n) is 4.25. The number of hydrogen-bond acceptors (Lipinski definition) is 4. The van der Waals surface area contributed by atoms with Crippen molar-refractivity contribution in [2.24, 2.45) is 5.73 Å². The standard InChI is InChI=1S/C15H15FN2O2S/c1-19-9-3-5-11(15(17)21)13(7-9)18-14-8-10(20-2)4-6-12(14)16/h3-8,18H,1-2H3,(H2,17,21). The zero-order valence-electron chi connectivity index (χ0n) is 11.6. The van der Waals surface area contributed by atoms with E-state index in [0.29, 0.717) is 22.7 Å². The highest BCUT2D eigenvalue weighted by Crippen LogP contribution is 2.29. The summed E-state index contributed by atoms with van der Waals surface area (Å²) < 4.78 is 24.1. The fraction of sp³-hybridized carbons (Fsp3) is 0.133. The zero-order chi connectivity index (χ0) is 15.4. The van der Waals surface area contributed by atoms with E-state index in [1.54, 1.807) is 37.4 Å². The second-order valence-corrected chi connectivity index (χ2v) is 4.69. The summed E-state index contributed by atoms with van der Waals surface area (Å²) in [6.45, 7) is 0. The SMILES string of the molecule is COc1ccc(F)c(Nc2cc(OC)ccc2C(N)=S)c1. The van der Waals surface area contributed by atoms with Gasteiger partial charge in [0.15, 0.2) is 0 Å². The molecule has 0 aromatic heterocycles. The van der Waals surface area contributed by atoms with Crippen molar-refractivity contribution in [3.63, 3.8) is 0 Å². The molecule has 0 fully saturated rings. The van der Waals surface area contributed by atoms with E-state index in [-0.39, 0.29) is 10.7 Å². The Labute approximate surface area is 127 Å². The molecule has 0 heterocycles. The third-order valence-electron chi connectivity index (χ3n) is 2.94. The van der Waals surface area contributed by atoms with Crippen molar-refractivity contribution < 1.29 is 13.9 Å². The van der Waals surface area contributed by atoms with Gasteiger partial charge < -0.3 is 20.5 Å². The Kier molecular flexibility index (Phi) is 4.59. The van der Waals surface area contributed by atoms with Crippen LogP contribution in [0.5, 0.6) is 11.5 Å². The van der Waals surface area contributed by atoms with Crippen LogP contribution in [0.4, 0.5) is 15.8 Å². The van der Waals surface area contributed by atoms with Crippen LogP contribution in [0.2, 0.25) is 0 Å². The molecule has 2 aromatic rings. The number of rotatable bonds is 5. The molecule has 2 aromatic carbocycles. The van der Waals surface area contributed by atoms with Crippen molar-refractivity contribution in [2.75, 3.05) is 19.5 Å². The lowest BCUT2D eigenvalue weighted by molar-refractivity contribution is 0.414. The molecule has 0 aliphatic carbocycles. The topological polar surface area (TPSA) is 56.5 Å². The third-order valence-corrected chi connectivity index (χ3v) is 3.15. The highest BCUT2D eigenvalue weighted by atomic mass is 32.1. The van der Waals surface area contributed by atoms with Crippen LogP contribution in [0.15, 0.2) is 36.4 Å². The van der Waals surface area contributed by atoms with E-state index in [0.717, 1.165) is 0 Å². The van der Waals surface area contributed by atoms with Crippen molar-refractivity contribution in [2.45, 2.75) is 0 Å². The summed E-state index contributed by atoms with van der Waals surface area (Å²) in [6, 6.07) is 9.58. The van der Waals surface area contributed by atoms with E-state index in [4.69, 9.17) is 27.4 Å². The number of anilines is 2. The van der Waals surface area contributed by atoms with Gasteiger partial charge >= 0.3 is 0 Å². The molecule has 0 radical (unpaired) electrons. The summed E-state index contributed by atoms with van der Waals surface area (Å²) in [5, 5.41) is 2.97. The van der Waals surface area contributed by atoms with E-state index in [1.807, 2.05) is 0 Å². The van der Waals surface area contributed by atoms with Crippen molar-refractivity contribution >= 4 is 28.6 Å². The second kappa shape index (κ2) is 6.41. The lowest BCUT2D eigenvalue weighted by Gasteiger charge is -2.14. The number of benzene rings is 2. The number of thiocarbonyl (C=S) groups is 1. The van der Waals surface area contributed by atoms with Crippen molar-refractivity contribution in [3.05, 3.63) is 47.8 Å². The van der Waals surface area contributed by atoms with Crippen molar-refractivity contribution in [1.29, 1.82) is 0 Å². The Morgan fingerprint density at radius 1 is 1.05 bits per heavy atom. The number of methoxy groups -OCH3 is 2. The first-order valence-corrected chi connectivity index (χ1v) is 6.54. The fourth-order valence-corrected chi connectivity index (χ4v) is 2.02. The lowest BCUT2D eigenvalue weighted by Crippen LogP contribution is -2.12. The molecule has 2 rings (SSSR count). The number of halogens is 1. The Morgan fingerprint density at radius 2 is 1.62 bits per heavy atom. The van der Waals surface area contributed by atoms with Crippen LogP contribution >= 0.6 is 12.2 Å². The molecule has 0 saturated heterocycles. The van der Waals surface area contributed by atoms with E-state index in [2.05, 4.69) is 5.32 Å². The molecular formula is C15H15FN2O2S. The zero-order valence-corrected chi connectivity index (χ0v) is 12.5. The van der Waals surface area contributed by atoms with Gasteiger partial charge in [-0.05, 0) is 24.3 Å². The highest BCUT2D eigenvalue weighted by Gasteiger charge is 2.10. The molecule has 4 nitrogen and oxygen atoms in total. The van der Waals surface area contributed by atoms with Gasteiger partial charge in [-0.2, -0.15) is 0 Å². The smallest absolute Gasteiger partial charge is 0.146 e.